The zero-order chi connectivity index (χ0) is 3.54. The molecule has 0 saturated carbocycles. The van der Waals surface area contributed by atoms with E-state index < -0.39 is 0 Å². The van der Waals surface area contributed by atoms with Crippen LogP contribution < -0.4 is 0 Å². The van der Waals surface area contributed by atoms with Gasteiger partial charge in [-0.05, 0) is 0 Å². The van der Waals surface area contributed by atoms with Crippen molar-refractivity contribution in [1.29, 1.82) is 0 Å². The number of hydrogen-bond acceptors (Lipinski definition) is 1. The molecule has 2 heteroatoms. The van der Waals surface area contributed by atoms with Crippen LogP contribution in [0.2, 0.25) is 0 Å². The molecule has 1 aromatic rings. The predicted molar refractivity (Wildman–Crippen MR) is 19.7 cm³/mol. The molecule has 0 bridgehead atoms. The molecule has 0 unspecified atom stereocenters. The average Bonchev–Trinajstić information content (AvgIpc) is 1.76. The number of rotatable bonds is 0. The minimum Gasteiger partial charge on any atom is -0.351 e. The number of H-pyrrole nitrogens is 1. The van der Waals surface area contributed by atoms with E-state index in [2.05, 4.69) is 9.97 Å². The van der Waals surface area contributed by atoms with Crippen LogP contribution in [-0.2, 0) is 0 Å². The van der Waals surface area contributed by atoms with Crippen molar-refractivity contribution < 1.29 is 1.43 Å². The second kappa shape index (κ2) is 0.885. The van der Waals surface area contributed by atoms with Gasteiger partial charge in [-0.2, -0.15) is 0 Å². The van der Waals surface area contributed by atoms with Crippen molar-refractivity contribution >= 4 is 0 Å². The minimum absolute atomic E-state index is 0. The van der Waals surface area contributed by atoms with Crippen molar-refractivity contribution in [3.8, 4) is 0 Å². The Labute approximate surface area is 31.3 Å². The maximum atomic E-state index is 3.67. The highest BCUT2D eigenvalue weighted by atomic mass is 14.8. The number of aromatic amines is 1. The van der Waals surface area contributed by atoms with E-state index in [9.17, 15) is 0 Å². The molecule has 27 valence electrons. The third-order valence-corrected chi connectivity index (χ3v) is 0.406. The summed E-state index contributed by atoms with van der Waals surface area (Å²) in [6.07, 6.45) is 5.08. The van der Waals surface area contributed by atoms with Crippen LogP contribution in [0.1, 0.15) is 1.43 Å². The lowest BCUT2D eigenvalue weighted by molar-refractivity contribution is 1.31. The largest absolute Gasteiger partial charge is 0.351 e. The quantitative estimate of drug-likeness (QED) is 0.472. The van der Waals surface area contributed by atoms with Crippen LogP contribution in [0.5, 0.6) is 0 Å². The lowest BCUT2D eigenvalue weighted by Crippen LogP contribution is -1.44. The normalized spacial score (nSPS) is 8.00. The summed E-state index contributed by atoms with van der Waals surface area (Å²) in [4.78, 5) is 6.42. The zero-order valence-electron chi connectivity index (χ0n) is 3.68. The molecular weight excluding hydrogens is 64.0 g/mol. The van der Waals surface area contributed by atoms with E-state index in [1.807, 2.05) is 0 Å². The summed E-state index contributed by atoms with van der Waals surface area (Å²) in [6.45, 7) is 0. The van der Waals surface area contributed by atoms with Crippen LogP contribution in [0, 0.1) is 0 Å². The van der Waals surface area contributed by atoms with Crippen LogP contribution in [0.4, 0.5) is 0 Å². The summed E-state index contributed by atoms with van der Waals surface area (Å²) in [5.74, 6) is 0. The molecule has 2 nitrogen and oxygen atoms in total. The smallest absolute Gasteiger partial charge is 0.0919 e. The van der Waals surface area contributed by atoms with Gasteiger partial charge in [-0.1, -0.05) is 0 Å². The van der Waals surface area contributed by atoms with Crippen LogP contribution in [0.3, 0.4) is 0 Å². The Hall–Kier alpha value is -0.790. The Morgan fingerprint density at radius 1 is 1.80 bits per heavy atom. The Bertz CT molecular complexity index is 65.3. The molecule has 5 heavy (non-hydrogen) atoms. The van der Waals surface area contributed by atoms with Crippen molar-refractivity contribution in [2.24, 2.45) is 0 Å². The van der Waals surface area contributed by atoms with E-state index in [1.165, 1.54) is 0 Å². The molecule has 1 heterocycles. The first kappa shape index (κ1) is 2.45. The van der Waals surface area contributed by atoms with Gasteiger partial charge in [0.15, 0.2) is 0 Å². The second-order valence-corrected chi connectivity index (χ2v) is 0.761. The van der Waals surface area contributed by atoms with Gasteiger partial charge in [0.2, 0.25) is 0 Å². The van der Waals surface area contributed by atoms with E-state index in [0.29, 0.717) is 0 Å². The Kier molecular flexibility index (Phi) is 0.433. The van der Waals surface area contributed by atoms with Crippen LogP contribution in [-0.4, -0.2) is 9.97 Å². The summed E-state index contributed by atoms with van der Waals surface area (Å²) in [5.41, 5.74) is 0. The van der Waals surface area contributed by atoms with Crippen molar-refractivity contribution in [2.75, 3.05) is 0 Å². The maximum absolute atomic E-state index is 3.67. The van der Waals surface area contributed by atoms with E-state index in [4.69, 9.17) is 0 Å². The Balaban J connectivity index is 0.000000250. The van der Waals surface area contributed by atoms with E-state index in [0.717, 1.165) is 0 Å². The number of imidazole rings is 1. The summed E-state index contributed by atoms with van der Waals surface area (Å²) < 4.78 is 0. The average molecular weight is 69.1 g/mol. The number of aromatic nitrogens is 2. The van der Waals surface area contributed by atoms with Crippen molar-refractivity contribution in [1.82, 2.24) is 9.97 Å². The summed E-state index contributed by atoms with van der Waals surface area (Å²) in [5, 5.41) is 0. The predicted octanol–water partition coefficient (Wildman–Crippen LogP) is 0.522. The van der Waals surface area contributed by atoms with E-state index in [1.54, 1.807) is 18.7 Å². The first-order valence-corrected chi connectivity index (χ1v) is 1.43. The van der Waals surface area contributed by atoms with Gasteiger partial charge in [-0.15, -0.1) is 0 Å². The van der Waals surface area contributed by atoms with Gasteiger partial charge < -0.3 is 4.98 Å². The molecule has 0 aliphatic carbocycles. The highest BCUT2D eigenvalue weighted by Gasteiger charge is 1.56. The van der Waals surface area contributed by atoms with Crippen LogP contribution in [0.15, 0.2) is 18.7 Å². The lowest BCUT2D eigenvalue weighted by atomic mass is 11.0. The third kappa shape index (κ3) is 0.265. The summed E-state index contributed by atoms with van der Waals surface area (Å²) in [7, 11) is 0. The molecule has 0 aliphatic heterocycles. The zero-order valence-corrected chi connectivity index (χ0v) is 2.68. The fourth-order valence-corrected chi connectivity index (χ4v) is 0.215. The van der Waals surface area contributed by atoms with Crippen LogP contribution >= 0.6 is 0 Å². The molecular formula is C3H5N2. The van der Waals surface area contributed by atoms with E-state index in [-0.39, 0.29) is 1.43 Å². The van der Waals surface area contributed by atoms with Crippen molar-refractivity contribution in [3.05, 3.63) is 18.7 Å². The van der Waals surface area contributed by atoms with Gasteiger partial charge in [-0.3, -0.25) is 0 Å². The van der Waals surface area contributed by atoms with Gasteiger partial charge in [0.25, 0.3) is 0 Å². The molecule has 0 amide bonds. The maximum Gasteiger partial charge on any atom is 0.0919 e. The summed E-state index contributed by atoms with van der Waals surface area (Å²) in [6, 6.07) is 0. The van der Waals surface area contributed by atoms with E-state index >= 15 is 0 Å². The first-order valence-electron chi connectivity index (χ1n) is 1.43. The SMILES string of the molecule is [H].c1c[nH]cn1. The molecule has 0 saturated heterocycles. The molecule has 1 aromatic heterocycles. The highest BCUT2D eigenvalue weighted by Crippen LogP contribution is 1.62. The Morgan fingerprint density at radius 3 is 3.00 bits per heavy atom. The second-order valence-electron chi connectivity index (χ2n) is 0.761. The number of nitrogens with zero attached hydrogens (tertiary/aromatic N) is 1. The first-order chi connectivity index (χ1) is 2.50. The molecule has 0 fully saturated rings. The standard InChI is InChI=1S/C3H4N2.H/c1-2-5-3-4-1;/h1-3H,(H,4,5);. The monoisotopic (exact) mass is 69.0 g/mol. The molecule has 1 rings (SSSR count). The molecule has 0 spiro atoms. The fourth-order valence-electron chi connectivity index (χ4n) is 0.215. The topological polar surface area (TPSA) is 28.7 Å². The van der Waals surface area contributed by atoms with Crippen LogP contribution in [0.25, 0.3) is 0 Å². The van der Waals surface area contributed by atoms with Gasteiger partial charge >= 0.3 is 0 Å². The molecule has 1 N–H and O–H groups in total. The molecule has 0 aromatic carbocycles. The summed E-state index contributed by atoms with van der Waals surface area (Å²) >= 11 is 0. The van der Waals surface area contributed by atoms with Gasteiger partial charge in [0, 0.05) is 13.8 Å². The Morgan fingerprint density at radius 2 is 2.80 bits per heavy atom. The number of hydrogen-bond donors (Lipinski definition) is 1. The minimum atomic E-state index is 0. The van der Waals surface area contributed by atoms with Gasteiger partial charge in [0.1, 0.15) is 0 Å². The number of nitrogens with one attached hydrogen (secondary N) is 1. The third-order valence-electron chi connectivity index (χ3n) is 0.406. The molecule has 1 radical (unpaired) electrons. The lowest BCUT2D eigenvalue weighted by Gasteiger charge is -1.46. The molecule has 0 aliphatic rings. The van der Waals surface area contributed by atoms with Crippen molar-refractivity contribution in [3.63, 3.8) is 0 Å². The molecule has 0 atom stereocenters. The fraction of sp³-hybridized carbons (Fsp3) is 0. The highest BCUT2D eigenvalue weighted by molar-refractivity contribution is 4.64. The van der Waals surface area contributed by atoms with Gasteiger partial charge in [0.05, 0.1) is 6.33 Å². The van der Waals surface area contributed by atoms with Crippen molar-refractivity contribution in [2.45, 2.75) is 0 Å². The van der Waals surface area contributed by atoms with Gasteiger partial charge in [-0.25, -0.2) is 4.98 Å².